The van der Waals surface area contributed by atoms with Crippen LogP contribution in [0.1, 0.15) is 84.9 Å². The normalized spacial score (nSPS) is 12.0. The lowest BCUT2D eigenvalue weighted by Crippen LogP contribution is -2.35. The molecule has 1 unspecified atom stereocenters. The van der Waals surface area contributed by atoms with E-state index in [2.05, 4.69) is 21.1 Å². The van der Waals surface area contributed by atoms with Gasteiger partial charge in [-0.25, -0.2) is 24.2 Å². The van der Waals surface area contributed by atoms with Crippen molar-refractivity contribution in [2.45, 2.75) is 58.5 Å². The maximum atomic E-state index is 13.2. The van der Waals surface area contributed by atoms with Gasteiger partial charge in [0.15, 0.2) is 5.69 Å². The molecule has 0 bridgehead atoms. The Hall–Kier alpha value is -5.22. The van der Waals surface area contributed by atoms with Crippen molar-refractivity contribution in [3.05, 3.63) is 91.7 Å². The lowest BCUT2D eigenvalue weighted by Gasteiger charge is -2.24. The molecule has 0 aliphatic carbocycles. The minimum absolute atomic E-state index is 0.0101. The van der Waals surface area contributed by atoms with Gasteiger partial charge in [-0.2, -0.15) is 15.3 Å². The average Bonchev–Trinajstić information content (AvgIpc) is 3.41. The van der Waals surface area contributed by atoms with E-state index in [0.29, 0.717) is 33.0 Å². The molecule has 0 aliphatic rings. The van der Waals surface area contributed by atoms with Crippen LogP contribution in [-0.4, -0.2) is 61.2 Å². The monoisotopic (exact) mass is 661 g/mol. The first kappa shape index (κ1) is 34.6. The van der Waals surface area contributed by atoms with Gasteiger partial charge in [-0.1, -0.05) is 37.6 Å². The maximum Gasteiger partial charge on any atom is 0.416 e. The fourth-order valence-electron chi connectivity index (χ4n) is 5.18. The minimum Gasteiger partial charge on any atom is -0.479 e. The Morgan fingerprint density at radius 2 is 1.85 bits per heavy atom. The molecule has 0 radical (unpaired) electrons. The topological polar surface area (TPSA) is 165 Å². The molecule has 4 rings (SSSR count). The van der Waals surface area contributed by atoms with E-state index in [1.54, 1.807) is 58.2 Å². The largest absolute Gasteiger partial charge is 0.479 e. The Balaban J connectivity index is 1.97. The molecule has 1 aromatic carbocycles. The number of methoxy groups -OCH3 is 1. The van der Waals surface area contributed by atoms with Crippen molar-refractivity contribution >= 4 is 29.6 Å². The van der Waals surface area contributed by atoms with Crippen molar-refractivity contribution in [3.63, 3.8) is 0 Å². The molecule has 0 saturated heterocycles. The Kier molecular flexibility index (Phi) is 10.1. The van der Waals surface area contributed by atoms with Gasteiger partial charge in [0.1, 0.15) is 11.3 Å². The summed E-state index contributed by atoms with van der Waals surface area (Å²) < 4.78 is 13.8. The number of carbonyl (C=O) groups excluding carboxylic acids is 1. The third kappa shape index (κ3) is 7.44. The lowest BCUT2D eigenvalue weighted by atomic mass is 9.82. The van der Waals surface area contributed by atoms with Gasteiger partial charge < -0.3 is 19.1 Å². The van der Waals surface area contributed by atoms with Gasteiger partial charge in [-0.15, -0.1) is 0 Å². The predicted molar refractivity (Wildman–Crippen MR) is 175 cm³/mol. The number of nitrogens with zero attached hydrogens (tertiary/aromatic N) is 7. The van der Waals surface area contributed by atoms with Crippen LogP contribution < -0.4 is 15.2 Å². The number of rotatable bonds is 9. The van der Waals surface area contributed by atoms with Crippen LogP contribution in [0.5, 0.6) is 5.88 Å². The summed E-state index contributed by atoms with van der Waals surface area (Å²) in [5, 5.41) is 24.8. The van der Waals surface area contributed by atoms with E-state index in [1.807, 2.05) is 13.8 Å². The van der Waals surface area contributed by atoms with Crippen LogP contribution in [0.2, 0.25) is 5.02 Å². The van der Waals surface area contributed by atoms with Crippen molar-refractivity contribution < 1.29 is 24.2 Å². The van der Waals surface area contributed by atoms with E-state index >= 15 is 0 Å². The minimum atomic E-state index is -1.29. The van der Waals surface area contributed by atoms with E-state index in [9.17, 15) is 24.8 Å². The van der Waals surface area contributed by atoms with Crippen LogP contribution in [-0.2, 0) is 18.2 Å². The summed E-state index contributed by atoms with van der Waals surface area (Å²) in [6.07, 6.45) is 2.29. The zero-order chi connectivity index (χ0) is 34.8. The van der Waals surface area contributed by atoms with Gasteiger partial charge in [-0.05, 0) is 56.9 Å². The number of halogens is 1. The smallest absolute Gasteiger partial charge is 0.416 e. The molecule has 47 heavy (non-hydrogen) atoms. The second-order valence-electron chi connectivity index (χ2n) is 12.2. The van der Waals surface area contributed by atoms with Crippen molar-refractivity contribution in [1.82, 2.24) is 24.3 Å². The van der Waals surface area contributed by atoms with Crippen molar-refractivity contribution in [2.24, 2.45) is 7.05 Å². The van der Waals surface area contributed by atoms with E-state index in [-0.39, 0.29) is 41.1 Å². The second-order valence-corrected chi connectivity index (χ2v) is 12.6. The Morgan fingerprint density at radius 1 is 1.19 bits per heavy atom. The molecule has 3 aromatic heterocycles. The highest BCUT2D eigenvalue weighted by Crippen LogP contribution is 2.39. The highest BCUT2D eigenvalue weighted by molar-refractivity contribution is 6.30. The van der Waals surface area contributed by atoms with E-state index in [1.165, 1.54) is 35.8 Å². The van der Waals surface area contributed by atoms with Crippen LogP contribution >= 0.6 is 11.6 Å². The Labute approximate surface area is 277 Å². The first-order chi connectivity index (χ1) is 22.1. The molecule has 1 atom stereocenters. The number of pyridine rings is 1. The van der Waals surface area contributed by atoms with Gasteiger partial charge in [-0.3, -0.25) is 4.79 Å². The summed E-state index contributed by atoms with van der Waals surface area (Å²) in [6, 6.07) is 10.4. The number of nitriles is 1. The number of anilines is 1. The summed E-state index contributed by atoms with van der Waals surface area (Å²) in [5.74, 6) is -2.28. The summed E-state index contributed by atoms with van der Waals surface area (Å²) in [6.45, 7) is 8.98. The number of carboxylic acids is 1. The van der Waals surface area contributed by atoms with Crippen LogP contribution in [0, 0.1) is 11.3 Å². The van der Waals surface area contributed by atoms with Crippen molar-refractivity contribution in [1.29, 1.82) is 5.26 Å². The van der Waals surface area contributed by atoms with Gasteiger partial charge >= 0.3 is 12.1 Å². The van der Waals surface area contributed by atoms with Crippen LogP contribution in [0.25, 0.3) is 5.69 Å². The highest BCUT2D eigenvalue weighted by Gasteiger charge is 2.34. The highest BCUT2D eigenvalue weighted by atomic mass is 35.5. The van der Waals surface area contributed by atoms with Gasteiger partial charge in [0.25, 0.3) is 5.56 Å². The molecule has 3 heterocycles. The molecule has 0 saturated carbocycles. The molecule has 246 valence electrons. The molecule has 0 fully saturated rings. The molecule has 14 heteroatoms. The molecular weight excluding hydrogens is 626 g/mol. The van der Waals surface area contributed by atoms with Crippen LogP contribution in [0.15, 0.2) is 47.5 Å². The standard InChI is InChI=1S/C33H36ClN7O6/c1-18(2)27-25(23(20-11-9-19(15-35)10-12-20)14-21-13-22(34)17-39(6)29(21)42)26(30(43)44)38-41(27)24-16-36-31(37-28(24)46-8)40(7)32(45)47-33(3,4)5/h9-13,16-18,23H,14H2,1-8H3,(H,43,44). The van der Waals surface area contributed by atoms with Gasteiger partial charge in [0.2, 0.25) is 11.8 Å². The van der Waals surface area contributed by atoms with Gasteiger partial charge in [0, 0.05) is 37.3 Å². The summed E-state index contributed by atoms with van der Waals surface area (Å²) >= 11 is 6.34. The first-order valence-corrected chi connectivity index (χ1v) is 15.0. The number of aromatic carboxylic acids is 1. The second kappa shape index (κ2) is 13.6. The molecule has 0 aliphatic heterocycles. The molecule has 1 N–H and O–H groups in total. The Bertz CT molecular complexity index is 1920. The summed E-state index contributed by atoms with van der Waals surface area (Å²) in [5.41, 5.74) is 1.24. The lowest BCUT2D eigenvalue weighted by molar-refractivity contribution is 0.0586. The number of hydrogen-bond acceptors (Lipinski definition) is 9. The SMILES string of the molecule is COc1nc(N(C)C(=O)OC(C)(C)C)ncc1-n1nc(C(=O)O)c(C(Cc2cc(Cl)cn(C)c2=O)c2ccc(C#N)cc2)c1C(C)C. The van der Waals surface area contributed by atoms with Crippen LogP contribution in [0.4, 0.5) is 10.7 Å². The fraction of sp³-hybridized carbons (Fsp3) is 0.364. The Morgan fingerprint density at radius 3 is 2.40 bits per heavy atom. The van der Waals surface area contributed by atoms with Crippen molar-refractivity contribution in [3.8, 4) is 17.6 Å². The number of aromatic nitrogens is 5. The molecule has 13 nitrogen and oxygen atoms in total. The zero-order valence-corrected chi connectivity index (χ0v) is 28.2. The quantitative estimate of drug-likeness (QED) is 0.243. The summed E-state index contributed by atoms with van der Waals surface area (Å²) in [7, 11) is 4.43. The summed E-state index contributed by atoms with van der Waals surface area (Å²) in [4.78, 5) is 48.7. The fourth-order valence-corrected chi connectivity index (χ4v) is 5.46. The average molecular weight is 662 g/mol. The molecule has 0 spiro atoms. The molecule has 4 aromatic rings. The van der Waals surface area contributed by atoms with E-state index in [4.69, 9.17) is 21.1 Å². The molecule has 1 amide bonds. The number of amides is 1. The van der Waals surface area contributed by atoms with E-state index in [0.717, 1.165) is 4.90 Å². The van der Waals surface area contributed by atoms with E-state index < -0.39 is 23.6 Å². The number of benzene rings is 1. The number of aryl methyl sites for hydroxylation is 1. The maximum absolute atomic E-state index is 13.2. The molecular formula is C33H36ClN7O6. The number of hydrogen-bond donors (Lipinski definition) is 1. The zero-order valence-electron chi connectivity index (χ0n) is 27.4. The van der Waals surface area contributed by atoms with Gasteiger partial charge in [0.05, 0.1) is 35.7 Å². The third-order valence-electron chi connectivity index (χ3n) is 7.26. The number of ether oxygens (including phenoxy) is 2. The predicted octanol–water partition coefficient (Wildman–Crippen LogP) is 5.46. The number of carbonyl (C=O) groups is 2. The van der Waals surface area contributed by atoms with Crippen molar-refractivity contribution in [2.75, 3.05) is 19.1 Å². The number of carboxylic acid groups (broad SMARTS) is 1. The van der Waals surface area contributed by atoms with Crippen LogP contribution in [0.3, 0.4) is 0 Å². The third-order valence-corrected chi connectivity index (χ3v) is 7.47. The first-order valence-electron chi connectivity index (χ1n) is 14.7.